The molecule has 0 heterocycles. The lowest BCUT2D eigenvalue weighted by atomic mass is 9.95. The van der Waals surface area contributed by atoms with Gasteiger partial charge >= 0.3 is 0 Å². The van der Waals surface area contributed by atoms with Gasteiger partial charge in [-0.15, -0.1) is 0 Å². The molecule has 0 amide bonds. The van der Waals surface area contributed by atoms with Crippen LogP contribution in [-0.2, 0) is 4.79 Å². The van der Waals surface area contributed by atoms with E-state index in [4.69, 9.17) is 11.6 Å². The van der Waals surface area contributed by atoms with E-state index in [1.165, 1.54) is 25.8 Å². The molecule has 98 valence electrons. The van der Waals surface area contributed by atoms with E-state index in [1.807, 2.05) is 0 Å². The first kappa shape index (κ1) is 13.5. The smallest absolute Gasteiger partial charge is 0.138 e. The highest BCUT2D eigenvalue weighted by Crippen LogP contribution is 2.28. The summed E-state index contributed by atoms with van der Waals surface area (Å²) in [5, 5.41) is 3.60. The monoisotopic (exact) mass is 269 g/mol. The second kappa shape index (κ2) is 5.81. The largest absolute Gasteiger partial charge is 0.315 e. The molecular weight excluding hydrogens is 253 g/mol. The summed E-state index contributed by atoms with van der Waals surface area (Å²) in [6, 6.07) is 4.48. The van der Waals surface area contributed by atoms with Gasteiger partial charge in [-0.2, -0.15) is 0 Å². The Morgan fingerprint density at radius 1 is 1.56 bits per heavy atom. The maximum Gasteiger partial charge on any atom is 0.138 e. The summed E-state index contributed by atoms with van der Waals surface area (Å²) in [4.78, 5) is 11.6. The fourth-order valence-electron chi connectivity index (χ4n) is 2.01. The van der Waals surface area contributed by atoms with Gasteiger partial charge in [0.25, 0.3) is 0 Å². The number of ketones is 1. The summed E-state index contributed by atoms with van der Waals surface area (Å²) in [7, 11) is 0. The molecule has 1 aliphatic rings. The number of halogens is 2. The lowest BCUT2D eigenvalue weighted by Crippen LogP contribution is -2.28. The molecule has 1 aromatic rings. The molecule has 1 fully saturated rings. The molecule has 0 aromatic heterocycles. The third kappa shape index (κ3) is 3.53. The van der Waals surface area contributed by atoms with E-state index in [0.29, 0.717) is 17.1 Å². The molecule has 2 nitrogen and oxygen atoms in total. The fraction of sp³-hybridized carbons (Fsp3) is 0.500. The third-order valence-electron chi connectivity index (χ3n) is 3.31. The van der Waals surface area contributed by atoms with Crippen LogP contribution in [0.5, 0.6) is 0 Å². The molecule has 0 saturated heterocycles. The molecule has 1 aromatic carbocycles. The van der Waals surface area contributed by atoms with E-state index in [2.05, 4.69) is 5.32 Å². The normalized spacial score (nSPS) is 16.6. The van der Waals surface area contributed by atoms with Gasteiger partial charge in [-0.1, -0.05) is 17.7 Å². The lowest BCUT2D eigenvalue weighted by Gasteiger charge is -2.16. The zero-order chi connectivity index (χ0) is 13.1. The number of carbonyl (C=O) groups excluding carboxylic acids is 1. The van der Waals surface area contributed by atoms with Crippen molar-refractivity contribution < 1.29 is 9.18 Å². The van der Waals surface area contributed by atoms with Crippen LogP contribution in [0.1, 0.15) is 31.2 Å². The van der Waals surface area contributed by atoms with E-state index in [1.54, 1.807) is 12.1 Å². The quantitative estimate of drug-likeness (QED) is 0.860. The van der Waals surface area contributed by atoms with Gasteiger partial charge in [0.05, 0.1) is 5.92 Å². The van der Waals surface area contributed by atoms with Crippen molar-refractivity contribution in [2.75, 3.05) is 13.1 Å². The summed E-state index contributed by atoms with van der Waals surface area (Å²) in [5.74, 6) is -0.121. The number of hydrogen-bond donors (Lipinski definition) is 1. The molecule has 1 saturated carbocycles. The minimum Gasteiger partial charge on any atom is -0.315 e. The van der Waals surface area contributed by atoms with Gasteiger partial charge in [-0.25, -0.2) is 4.39 Å². The molecule has 1 atom stereocenters. The summed E-state index contributed by atoms with van der Waals surface area (Å²) in [6.07, 6.45) is 2.51. The first-order chi connectivity index (χ1) is 8.58. The van der Waals surface area contributed by atoms with Gasteiger partial charge < -0.3 is 5.32 Å². The van der Waals surface area contributed by atoms with Gasteiger partial charge in [0.2, 0.25) is 0 Å². The molecule has 2 rings (SSSR count). The van der Waals surface area contributed by atoms with E-state index in [-0.39, 0.29) is 5.78 Å². The Labute approximate surface area is 112 Å². The van der Waals surface area contributed by atoms with Crippen molar-refractivity contribution in [2.24, 2.45) is 5.92 Å². The molecule has 0 radical (unpaired) electrons. The molecule has 0 bridgehead atoms. The highest BCUT2D eigenvalue weighted by molar-refractivity contribution is 6.30. The predicted octanol–water partition coefficient (Wildman–Crippen LogP) is 3.15. The number of benzene rings is 1. The highest BCUT2D eigenvalue weighted by atomic mass is 35.5. The van der Waals surface area contributed by atoms with Crippen LogP contribution in [0.2, 0.25) is 5.02 Å². The van der Waals surface area contributed by atoms with Crippen LogP contribution in [-0.4, -0.2) is 18.9 Å². The van der Waals surface area contributed by atoms with Gasteiger partial charge in [0, 0.05) is 11.6 Å². The maximum absolute atomic E-state index is 13.8. The van der Waals surface area contributed by atoms with Gasteiger partial charge in [0.15, 0.2) is 0 Å². The van der Waals surface area contributed by atoms with Gasteiger partial charge in [0.1, 0.15) is 11.6 Å². The molecule has 4 heteroatoms. The highest BCUT2D eigenvalue weighted by Gasteiger charge is 2.23. The summed E-state index contributed by atoms with van der Waals surface area (Å²) in [6.45, 7) is 2.90. The Morgan fingerprint density at radius 2 is 2.28 bits per heavy atom. The standard InChI is InChI=1S/C14H17ClFNO/c1-9(18)13(8-17-7-10-2-3-10)12-5-4-11(15)6-14(12)16/h4-6,10,13,17H,2-3,7-8H2,1H3/t13-/m0/s1. The number of carbonyl (C=O) groups is 1. The van der Waals surface area contributed by atoms with Crippen LogP contribution in [0.25, 0.3) is 0 Å². The molecule has 1 aliphatic carbocycles. The van der Waals surface area contributed by atoms with E-state index in [9.17, 15) is 9.18 Å². The van der Waals surface area contributed by atoms with Gasteiger partial charge in [-0.05, 0) is 49.9 Å². The number of rotatable bonds is 6. The van der Waals surface area contributed by atoms with Crippen LogP contribution in [0.15, 0.2) is 18.2 Å². The minimum absolute atomic E-state index is 0.0282. The summed E-state index contributed by atoms with van der Waals surface area (Å²) < 4.78 is 13.8. The van der Waals surface area contributed by atoms with Crippen LogP contribution < -0.4 is 5.32 Å². The van der Waals surface area contributed by atoms with Crippen LogP contribution in [0.3, 0.4) is 0 Å². The van der Waals surface area contributed by atoms with E-state index >= 15 is 0 Å². The molecule has 0 spiro atoms. The first-order valence-electron chi connectivity index (χ1n) is 6.24. The van der Waals surface area contributed by atoms with Crippen molar-refractivity contribution in [3.63, 3.8) is 0 Å². The SMILES string of the molecule is CC(=O)[C@H](CNCC1CC1)c1ccc(Cl)cc1F. The second-order valence-corrected chi connectivity index (χ2v) is 5.37. The molecular formula is C14H17ClFNO. The average Bonchev–Trinajstić information content (AvgIpc) is 3.09. The van der Waals surface area contributed by atoms with Crippen LogP contribution >= 0.6 is 11.6 Å². The Kier molecular flexibility index (Phi) is 4.36. The zero-order valence-corrected chi connectivity index (χ0v) is 11.1. The summed E-state index contributed by atoms with van der Waals surface area (Å²) >= 11 is 5.71. The lowest BCUT2D eigenvalue weighted by molar-refractivity contribution is -0.118. The molecule has 0 unspecified atom stereocenters. The summed E-state index contributed by atoms with van der Waals surface area (Å²) in [5.41, 5.74) is 0.426. The molecule has 1 N–H and O–H groups in total. The topological polar surface area (TPSA) is 29.1 Å². The Morgan fingerprint density at radius 3 is 2.83 bits per heavy atom. The zero-order valence-electron chi connectivity index (χ0n) is 10.4. The average molecular weight is 270 g/mol. The second-order valence-electron chi connectivity index (χ2n) is 4.93. The first-order valence-corrected chi connectivity index (χ1v) is 6.62. The minimum atomic E-state index is -0.430. The number of nitrogens with one attached hydrogen (secondary N) is 1. The van der Waals surface area contributed by atoms with Crippen LogP contribution in [0, 0.1) is 11.7 Å². The Bertz CT molecular complexity index is 445. The third-order valence-corrected chi connectivity index (χ3v) is 3.54. The Hall–Kier alpha value is -0.930. The molecule has 18 heavy (non-hydrogen) atoms. The number of hydrogen-bond acceptors (Lipinski definition) is 2. The van der Waals surface area contributed by atoms with Crippen molar-refractivity contribution in [2.45, 2.75) is 25.7 Å². The van der Waals surface area contributed by atoms with Crippen molar-refractivity contribution in [3.05, 3.63) is 34.6 Å². The van der Waals surface area contributed by atoms with Crippen molar-refractivity contribution in [1.82, 2.24) is 5.32 Å². The van der Waals surface area contributed by atoms with E-state index < -0.39 is 11.7 Å². The maximum atomic E-state index is 13.8. The van der Waals surface area contributed by atoms with Crippen molar-refractivity contribution in [1.29, 1.82) is 0 Å². The van der Waals surface area contributed by atoms with E-state index in [0.717, 1.165) is 12.5 Å². The fourth-order valence-corrected chi connectivity index (χ4v) is 2.17. The Balaban J connectivity index is 2.04. The van der Waals surface area contributed by atoms with Gasteiger partial charge in [-0.3, -0.25) is 4.79 Å². The van der Waals surface area contributed by atoms with Crippen LogP contribution in [0.4, 0.5) is 4.39 Å². The number of Topliss-reactive ketones (excluding diaryl/α,β-unsaturated/α-hetero) is 1. The van der Waals surface area contributed by atoms with Crippen molar-refractivity contribution >= 4 is 17.4 Å². The molecule has 0 aliphatic heterocycles. The predicted molar refractivity (Wildman–Crippen MR) is 70.4 cm³/mol. The van der Waals surface area contributed by atoms with Crippen molar-refractivity contribution in [3.8, 4) is 0 Å².